The number of aliphatic hydroxyl groups excluding tert-OH is 1. The topological polar surface area (TPSA) is 92.9 Å². The minimum Gasteiger partial charge on any atom is -0.503 e. The Bertz CT molecular complexity index is 1440. The molecule has 0 fully saturated rings. The Labute approximate surface area is 199 Å². The molecule has 170 valence electrons. The van der Waals surface area contributed by atoms with Crippen LogP contribution in [0.1, 0.15) is 27.9 Å². The summed E-state index contributed by atoms with van der Waals surface area (Å²) in [5.74, 6) is -1.44. The van der Waals surface area contributed by atoms with Crippen LogP contribution < -0.4 is 4.74 Å². The lowest BCUT2D eigenvalue weighted by Crippen LogP contribution is -2.31. The molecule has 3 heterocycles. The maximum Gasteiger partial charge on any atom is 0.290 e. The number of ether oxygens (including phenoxy) is 1. The molecular weight excluding hydrogens is 456 g/mol. The van der Waals surface area contributed by atoms with Gasteiger partial charge in [0.05, 0.1) is 31.0 Å². The van der Waals surface area contributed by atoms with Crippen LogP contribution in [0.3, 0.4) is 0 Å². The van der Waals surface area contributed by atoms with Gasteiger partial charge in [-0.05, 0) is 42.5 Å². The third-order valence-corrected chi connectivity index (χ3v) is 5.98. The molecule has 7 nitrogen and oxygen atoms in total. The van der Waals surface area contributed by atoms with E-state index in [1.165, 1.54) is 12.0 Å². The second-order valence-corrected chi connectivity index (χ2v) is 8.22. The molecule has 0 aliphatic carbocycles. The number of benzene rings is 2. The normalized spacial score (nSPS) is 15.9. The van der Waals surface area contributed by atoms with E-state index in [-0.39, 0.29) is 17.9 Å². The molecule has 0 spiro atoms. The Hall–Kier alpha value is -4.10. The number of pyridine rings is 1. The van der Waals surface area contributed by atoms with Gasteiger partial charge in [0.2, 0.25) is 5.78 Å². The van der Waals surface area contributed by atoms with E-state index >= 15 is 0 Å². The molecule has 1 aliphatic heterocycles. The van der Waals surface area contributed by atoms with Gasteiger partial charge in [-0.1, -0.05) is 35.9 Å². The van der Waals surface area contributed by atoms with Crippen molar-refractivity contribution in [3.63, 3.8) is 0 Å². The number of rotatable bonds is 6. The zero-order valence-electron chi connectivity index (χ0n) is 18.1. The number of amides is 1. The van der Waals surface area contributed by atoms with Crippen molar-refractivity contribution in [2.75, 3.05) is 7.11 Å². The lowest BCUT2D eigenvalue weighted by atomic mass is 9.94. The summed E-state index contributed by atoms with van der Waals surface area (Å²) >= 11 is 6.06. The number of fused-ring (bicyclic) bond motifs is 1. The standard InChI is InChI=1S/C26H19ClN2O5/c1-33-20-8-3-2-7-18(20)23-22(24(30)21-13-15-12-16(27)9-10-19(15)34-21)25(31)26(32)29(23)14-17-6-4-5-11-28-17/h2-13,23,31H,14H2,1H3. The zero-order chi connectivity index (χ0) is 23.8. The maximum absolute atomic E-state index is 13.7. The number of nitrogens with zero attached hydrogens (tertiary/aromatic N) is 2. The molecule has 1 amide bonds. The Morgan fingerprint density at radius 3 is 2.71 bits per heavy atom. The third-order valence-electron chi connectivity index (χ3n) is 5.74. The average molecular weight is 475 g/mol. The van der Waals surface area contributed by atoms with Crippen LogP contribution >= 0.6 is 11.6 Å². The molecule has 1 atom stereocenters. The predicted molar refractivity (Wildman–Crippen MR) is 126 cm³/mol. The first-order valence-electron chi connectivity index (χ1n) is 10.5. The van der Waals surface area contributed by atoms with Crippen molar-refractivity contribution in [2.45, 2.75) is 12.6 Å². The molecular formula is C26H19ClN2O5. The van der Waals surface area contributed by atoms with Gasteiger partial charge in [0.1, 0.15) is 11.3 Å². The van der Waals surface area contributed by atoms with Crippen LogP contribution in [0.25, 0.3) is 11.0 Å². The summed E-state index contributed by atoms with van der Waals surface area (Å²) in [6, 6.07) is 18.0. The van der Waals surface area contributed by atoms with E-state index in [9.17, 15) is 14.7 Å². The number of furan rings is 1. The van der Waals surface area contributed by atoms with Crippen LogP contribution in [0.4, 0.5) is 0 Å². The minimum absolute atomic E-state index is 0.00815. The second kappa shape index (κ2) is 8.68. The van der Waals surface area contributed by atoms with Crippen LogP contribution in [0.5, 0.6) is 5.75 Å². The molecule has 1 unspecified atom stereocenters. The third kappa shape index (κ3) is 3.70. The number of para-hydroxylation sites is 1. The van der Waals surface area contributed by atoms with Crippen molar-refractivity contribution in [2.24, 2.45) is 0 Å². The van der Waals surface area contributed by atoms with Gasteiger partial charge in [0, 0.05) is 22.2 Å². The highest BCUT2D eigenvalue weighted by Crippen LogP contribution is 2.43. The smallest absolute Gasteiger partial charge is 0.290 e. The van der Waals surface area contributed by atoms with Crippen molar-refractivity contribution < 1.29 is 23.8 Å². The van der Waals surface area contributed by atoms with Crippen LogP contribution in [-0.4, -0.2) is 33.8 Å². The number of aliphatic hydroxyl groups is 1. The fraction of sp³-hybridized carbons (Fsp3) is 0.115. The second-order valence-electron chi connectivity index (χ2n) is 7.78. The van der Waals surface area contributed by atoms with Crippen molar-refractivity contribution >= 4 is 34.3 Å². The van der Waals surface area contributed by atoms with Crippen LogP contribution in [-0.2, 0) is 11.3 Å². The van der Waals surface area contributed by atoms with Gasteiger partial charge >= 0.3 is 0 Å². The van der Waals surface area contributed by atoms with Crippen LogP contribution in [0, 0.1) is 0 Å². The van der Waals surface area contributed by atoms with Crippen molar-refractivity contribution in [3.05, 3.63) is 106 Å². The fourth-order valence-corrected chi connectivity index (χ4v) is 4.37. The lowest BCUT2D eigenvalue weighted by Gasteiger charge is -2.27. The summed E-state index contributed by atoms with van der Waals surface area (Å²) in [7, 11) is 1.51. The molecule has 4 aromatic rings. The molecule has 0 radical (unpaired) electrons. The Morgan fingerprint density at radius 1 is 1.15 bits per heavy atom. The van der Waals surface area contributed by atoms with Gasteiger partial charge < -0.3 is 19.2 Å². The monoisotopic (exact) mass is 474 g/mol. The maximum atomic E-state index is 13.7. The van der Waals surface area contributed by atoms with E-state index in [1.54, 1.807) is 72.9 Å². The SMILES string of the molecule is COc1ccccc1C1C(C(=O)c2cc3cc(Cl)ccc3o2)=C(O)C(=O)N1Cc1ccccn1. The number of carbonyl (C=O) groups is 2. The first-order valence-corrected chi connectivity index (χ1v) is 10.9. The molecule has 2 aromatic heterocycles. The largest absolute Gasteiger partial charge is 0.503 e. The molecule has 2 aromatic carbocycles. The van der Waals surface area contributed by atoms with Gasteiger partial charge in [0.25, 0.3) is 5.91 Å². The Kier molecular flexibility index (Phi) is 5.55. The summed E-state index contributed by atoms with van der Waals surface area (Å²) in [6.45, 7) is 0.0823. The first-order chi connectivity index (χ1) is 16.5. The minimum atomic E-state index is -0.907. The van der Waals surface area contributed by atoms with Crippen molar-refractivity contribution in [1.29, 1.82) is 0 Å². The fourth-order valence-electron chi connectivity index (χ4n) is 4.19. The number of methoxy groups -OCH3 is 1. The van der Waals surface area contributed by atoms with Crippen molar-refractivity contribution in [1.82, 2.24) is 9.88 Å². The van der Waals surface area contributed by atoms with Gasteiger partial charge in [-0.15, -0.1) is 0 Å². The summed E-state index contributed by atoms with van der Waals surface area (Å²) in [4.78, 5) is 32.6. The number of Topliss-reactive ketones (excluding diaryl/α,β-unsaturated/α-hetero) is 1. The number of hydrogen-bond acceptors (Lipinski definition) is 6. The summed E-state index contributed by atoms with van der Waals surface area (Å²) < 4.78 is 11.3. The van der Waals surface area contributed by atoms with Gasteiger partial charge in [-0.25, -0.2) is 0 Å². The lowest BCUT2D eigenvalue weighted by molar-refractivity contribution is -0.130. The highest BCUT2D eigenvalue weighted by atomic mass is 35.5. The Balaban J connectivity index is 1.63. The summed E-state index contributed by atoms with van der Waals surface area (Å²) in [6.07, 6.45) is 1.62. The van der Waals surface area contributed by atoms with Gasteiger partial charge in [-0.3, -0.25) is 14.6 Å². The van der Waals surface area contributed by atoms with E-state index < -0.39 is 23.5 Å². The summed E-state index contributed by atoms with van der Waals surface area (Å²) in [5.41, 5.74) is 1.54. The molecule has 1 N–H and O–H groups in total. The Morgan fingerprint density at radius 2 is 1.94 bits per heavy atom. The molecule has 0 saturated carbocycles. The van der Waals surface area contributed by atoms with E-state index in [4.69, 9.17) is 20.8 Å². The molecule has 0 saturated heterocycles. The molecule has 34 heavy (non-hydrogen) atoms. The molecule has 1 aliphatic rings. The molecule has 8 heteroatoms. The highest BCUT2D eigenvalue weighted by molar-refractivity contribution is 6.31. The number of aromatic nitrogens is 1. The quantitative estimate of drug-likeness (QED) is 0.383. The van der Waals surface area contributed by atoms with E-state index in [1.807, 2.05) is 0 Å². The van der Waals surface area contributed by atoms with Gasteiger partial charge in [0.15, 0.2) is 11.5 Å². The average Bonchev–Trinajstić information content (AvgIpc) is 3.38. The molecule has 0 bridgehead atoms. The first kappa shape index (κ1) is 21.7. The number of hydrogen-bond donors (Lipinski definition) is 1. The molecule has 5 rings (SSSR count). The van der Waals surface area contributed by atoms with E-state index in [0.29, 0.717) is 33.0 Å². The highest BCUT2D eigenvalue weighted by Gasteiger charge is 2.45. The van der Waals surface area contributed by atoms with Crippen molar-refractivity contribution in [3.8, 4) is 5.75 Å². The van der Waals surface area contributed by atoms with E-state index in [2.05, 4.69) is 4.98 Å². The summed E-state index contributed by atoms with van der Waals surface area (Å²) in [5, 5.41) is 12.0. The number of halogens is 1. The van der Waals surface area contributed by atoms with Crippen LogP contribution in [0.15, 0.2) is 88.7 Å². The number of carbonyl (C=O) groups excluding carboxylic acids is 2. The zero-order valence-corrected chi connectivity index (χ0v) is 18.8. The predicted octanol–water partition coefficient (Wildman–Crippen LogP) is 5.27. The van der Waals surface area contributed by atoms with Gasteiger partial charge in [-0.2, -0.15) is 0 Å². The van der Waals surface area contributed by atoms with Crippen LogP contribution in [0.2, 0.25) is 5.02 Å². The van der Waals surface area contributed by atoms with E-state index in [0.717, 1.165) is 0 Å². The number of ketones is 1.